The molecule has 29 heavy (non-hydrogen) atoms. The minimum Gasteiger partial charge on any atom is -0.382 e. The third-order valence-electron chi connectivity index (χ3n) is 4.99. The van der Waals surface area contributed by atoms with Crippen molar-refractivity contribution in [2.45, 2.75) is 45.4 Å². The van der Waals surface area contributed by atoms with E-state index in [0.29, 0.717) is 33.8 Å². The number of carbonyl (C=O) groups is 2. The Labute approximate surface area is 165 Å². The number of aliphatic hydroxyl groups is 1. The molecule has 0 saturated carbocycles. The minimum absolute atomic E-state index is 0.0175. The Kier molecular flexibility index (Phi) is 4.90. The SMILES string of the molecule is Cc1cc(NC(=O)C(F)(F)F)cc(C)c1C(O)c1ccc2c(n1)C(C)(C)C(=O)N2. The molecule has 1 aliphatic rings. The average Bonchev–Trinajstić information content (AvgIpc) is 2.82. The smallest absolute Gasteiger partial charge is 0.382 e. The summed E-state index contributed by atoms with van der Waals surface area (Å²) in [6.45, 7) is 6.70. The molecule has 154 valence electrons. The van der Waals surface area contributed by atoms with E-state index in [2.05, 4.69) is 10.3 Å². The molecule has 1 unspecified atom stereocenters. The topological polar surface area (TPSA) is 91.3 Å². The van der Waals surface area contributed by atoms with Crippen LogP contribution in [0, 0.1) is 13.8 Å². The van der Waals surface area contributed by atoms with Crippen molar-refractivity contribution < 1.29 is 27.9 Å². The van der Waals surface area contributed by atoms with Crippen molar-refractivity contribution in [1.29, 1.82) is 0 Å². The fourth-order valence-corrected chi connectivity index (χ4v) is 3.42. The second kappa shape index (κ2) is 6.84. The molecular weight excluding hydrogens is 387 g/mol. The third kappa shape index (κ3) is 3.69. The van der Waals surface area contributed by atoms with Gasteiger partial charge in [0.2, 0.25) is 5.91 Å². The van der Waals surface area contributed by atoms with E-state index >= 15 is 0 Å². The first-order valence-electron chi connectivity index (χ1n) is 8.82. The van der Waals surface area contributed by atoms with Crippen LogP contribution in [-0.2, 0) is 15.0 Å². The van der Waals surface area contributed by atoms with Gasteiger partial charge >= 0.3 is 12.1 Å². The van der Waals surface area contributed by atoms with Gasteiger partial charge in [-0.2, -0.15) is 13.2 Å². The monoisotopic (exact) mass is 407 g/mol. The van der Waals surface area contributed by atoms with Crippen molar-refractivity contribution in [1.82, 2.24) is 4.98 Å². The molecule has 0 saturated heterocycles. The molecule has 9 heteroatoms. The quantitative estimate of drug-likeness (QED) is 0.726. The highest BCUT2D eigenvalue weighted by Gasteiger charge is 2.41. The summed E-state index contributed by atoms with van der Waals surface area (Å²) in [6, 6.07) is 5.97. The molecular formula is C20H20F3N3O3. The van der Waals surface area contributed by atoms with Gasteiger partial charge in [-0.1, -0.05) is 0 Å². The van der Waals surface area contributed by atoms with Crippen molar-refractivity contribution in [3.63, 3.8) is 0 Å². The fraction of sp³-hybridized carbons (Fsp3) is 0.350. The minimum atomic E-state index is -4.99. The summed E-state index contributed by atoms with van der Waals surface area (Å²) < 4.78 is 37.4. The number of amides is 2. The maximum absolute atomic E-state index is 12.5. The number of carbonyl (C=O) groups excluding carboxylic acids is 2. The van der Waals surface area contributed by atoms with Gasteiger partial charge in [-0.05, 0) is 68.7 Å². The van der Waals surface area contributed by atoms with E-state index in [0.717, 1.165) is 0 Å². The van der Waals surface area contributed by atoms with E-state index in [1.54, 1.807) is 39.8 Å². The maximum atomic E-state index is 12.5. The first-order valence-corrected chi connectivity index (χ1v) is 8.82. The van der Waals surface area contributed by atoms with Crippen LogP contribution in [0.4, 0.5) is 24.5 Å². The average molecular weight is 407 g/mol. The Morgan fingerprint density at radius 2 is 1.79 bits per heavy atom. The molecule has 0 radical (unpaired) electrons. The summed E-state index contributed by atoms with van der Waals surface area (Å²) >= 11 is 0. The lowest BCUT2D eigenvalue weighted by Gasteiger charge is -2.20. The van der Waals surface area contributed by atoms with Crippen molar-refractivity contribution in [2.24, 2.45) is 0 Å². The van der Waals surface area contributed by atoms with E-state index in [1.165, 1.54) is 12.1 Å². The number of nitrogens with zero attached hydrogens (tertiary/aromatic N) is 1. The summed E-state index contributed by atoms with van der Waals surface area (Å²) in [5.74, 6) is -2.26. The molecule has 0 bridgehead atoms. The van der Waals surface area contributed by atoms with Gasteiger partial charge in [0.05, 0.1) is 22.5 Å². The first-order chi connectivity index (χ1) is 13.3. The summed E-state index contributed by atoms with van der Waals surface area (Å²) in [5.41, 5.74) is 2.00. The highest BCUT2D eigenvalue weighted by Crippen LogP contribution is 2.38. The van der Waals surface area contributed by atoms with Crippen LogP contribution in [0.15, 0.2) is 24.3 Å². The summed E-state index contributed by atoms with van der Waals surface area (Å²) in [6.07, 6.45) is -6.15. The zero-order chi connectivity index (χ0) is 21.7. The van der Waals surface area contributed by atoms with Crippen LogP contribution in [0.1, 0.15) is 48.0 Å². The molecule has 3 N–H and O–H groups in total. The molecule has 1 aliphatic heterocycles. The normalized spacial score (nSPS) is 16.2. The summed E-state index contributed by atoms with van der Waals surface area (Å²) in [5, 5.41) is 15.4. The summed E-state index contributed by atoms with van der Waals surface area (Å²) in [7, 11) is 0. The van der Waals surface area contributed by atoms with Crippen LogP contribution in [0.5, 0.6) is 0 Å². The van der Waals surface area contributed by atoms with Gasteiger partial charge in [-0.25, -0.2) is 0 Å². The van der Waals surface area contributed by atoms with Gasteiger partial charge in [0.1, 0.15) is 6.10 Å². The van der Waals surface area contributed by atoms with Gasteiger partial charge in [-0.3, -0.25) is 14.6 Å². The number of nitrogens with one attached hydrogen (secondary N) is 2. The number of alkyl halides is 3. The van der Waals surface area contributed by atoms with E-state index in [9.17, 15) is 27.9 Å². The standard InChI is InChI=1S/C20H20F3N3O3/c1-9-7-11(24-18(29)20(21,22)23)8-10(2)14(9)15(27)12-5-6-13-16(25-12)19(3,4)17(28)26-13/h5-8,15,27H,1-4H3,(H,24,29)(H,26,28). The van der Waals surface area contributed by atoms with Gasteiger partial charge < -0.3 is 15.7 Å². The molecule has 2 aromatic rings. The summed E-state index contributed by atoms with van der Waals surface area (Å²) in [4.78, 5) is 27.7. The molecule has 2 amide bonds. The highest BCUT2D eigenvalue weighted by atomic mass is 19.4. The number of aliphatic hydroxyl groups excluding tert-OH is 1. The van der Waals surface area contributed by atoms with Gasteiger partial charge in [0.25, 0.3) is 0 Å². The molecule has 0 aliphatic carbocycles. The Morgan fingerprint density at radius 1 is 1.21 bits per heavy atom. The lowest BCUT2D eigenvalue weighted by atomic mass is 9.89. The second-order valence-corrected chi connectivity index (χ2v) is 7.59. The second-order valence-electron chi connectivity index (χ2n) is 7.59. The number of benzene rings is 1. The number of anilines is 2. The highest BCUT2D eigenvalue weighted by molar-refractivity contribution is 6.04. The van der Waals surface area contributed by atoms with Gasteiger partial charge in [0.15, 0.2) is 0 Å². The van der Waals surface area contributed by atoms with Crippen LogP contribution in [0.25, 0.3) is 0 Å². The van der Waals surface area contributed by atoms with Crippen molar-refractivity contribution in [2.75, 3.05) is 10.6 Å². The van der Waals surface area contributed by atoms with Gasteiger partial charge in [-0.15, -0.1) is 0 Å². The van der Waals surface area contributed by atoms with E-state index in [1.807, 2.05) is 5.32 Å². The third-order valence-corrected chi connectivity index (χ3v) is 4.99. The van der Waals surface area contributed by atoms with Crippen molar-refractivity contribution in [3.8, 4) is 0 Å². The number of rotatable bonds is 3. The Balaban J connectivity index is 1.95. The van der Waals surface area contributed by atoms with Crippen LogP contribution >= 0.6 is 0 Å². The number of fused-ring (bicyclic) bond motifs is 1. The first kappa shape index (κ1) is 20.8. The number of hydrogen-bond donors (Lipinski definition) is 3. The molecule has 1 aromatic heterocycles. The number of halogens is 3. The zero-order valence-corrected chi connectivity index (χ0v) is 16.2. The predicted molar refractivity (Wildman–Crippen MR) is 101 cm³/mol. The molecule has 3 rings (SSSR count). The maximum Gasteiger partial charge on any atom is 0.471 e. The predicted octanol–water partition coefficient (Wildman–Crippen LogP) is 3.51. The van der Waals surface area contributed by atoms with Crippen LogP contribution < -0.4 is 10.6 Å². The van der Waals surface area contributed by atoms with Crippen LogP contribution in [-0.4, -0.2) is 28.1 Å². The molecule has 1 atom stereocenters. The van der Waals surface area contributed by atoms with Crippen molar-refractivity contribution in [3.05, 3.63) is 52.3 Å². The molecule has 0 spiro atoms. The van der Waals surface area contributed by atoms with E-state index in [-0.39, 0.29) is 11.6 Å². The number of pyridine rings is 1. The molecule has 0 fully saturated rings. The van der Waals surface area contributed by atoms with Crippen molar-refractivity contribution >= 4 is 23.2 Å². The zero-order valence-electron chi connectivity index (χ0n) is 16.2. The Morgan fingerprint density at radius 3 is 2.34 bits per heavy atom. The molecule has 2 heterocycles. The fourth-order valence-electron chi connectivity index (χ4n) is 3.42. The lowest BCUT2D eigenvalue weighted by molar-refractivity contribution is -0.167. The Bertz CT molecular complexity index is 993. The van der Waals surface area contributed by atoms with E-state index in [4.69, 9.17) is 0 Å². The van der Waals surface area contributed by atoms with Gasteiger partial charge in [0, 0.05) is 5.69 Å². The number of aryl methyl sites for hydroxylation is 2. The van der Waals surface area contributed by atoms with E-state index < -0.39 is 23.6 Å². The van der Waals surface area contributed by atoms with Crippen LogP contribution in [0.3, 0.4) is 0 Å². The largest absolute Gasteiger partial charge is 0.471 e. The molecule has 6 nitrogen and oxygen atoms in total. The lowest BCUT2D eigenvalue weighted by Crippen LogP contribution is -2.30. The number of aromatic nitrogens is 1. The van der Waals surface area contributed by atoms with Crippen LogP contribution in [0.2, 0.25) is 0 Å². The number of hydrogen-bond acceptors (Lipinski definition) is 4. The Hall–Kier alpha value is -2.94. The molecule has 1 aromatic carbocycles.